The summed E-state index contributed by atoms with van der Waals surface area (Å²) in [6.45, 7) is 8.54. The molecule has 0 saturated carbocycles. The third kappa shape index (κ3) is 4.99. The van der Waals surface area contributed by atoms with E-state index in [2.05, 4.69) is 10.4 Å². The SMILES string of the molecule is Cc1cc2nc(-c3ccc4c(c3)c(N3CCNC3=O)nn4C)sc2c(-c2ccc(Cl)cc2)c1[C@H](OC(C)(C)C)C(=O)O. The molecule has 0 spiro atoms. The number of carboxylic acid groups (broad SMARTS) is 1. The number of rotatable bonds is 6. The summed E-state index contributed by atoms with van der Waals surface area (Å²) in [4.78, 5) is 31.7. The number of hydrogen-bond acceptors (Lipinski definition) is 6. The summed E-state index contributed by atoms with van der Waals surface area (Å²) >= 11 is 7.71. The lowest BCUT2D eigenvalue weighted by Crippen LogP contribution is -2.28. The number of hydrogen-bond donors (Lipinski definition) is 2. The lowest BCUT2D eigenvalue weighted by Gasteiger charge is -2.28. The third-order valence-corrected chi connectivity index (χ3v) is 8.60. The van der Waals surface area contributed by atoms with Gasteiger partial charge in [0.15, 0.2) is 11.9 Å². The Labute approximate surface area is 251 Å². The molecule has 0 unspecified atom stereocenters. The Hall–Kier alpha value is -3.99. The van der Waals surface area contributed by atoms with E-state index in [1.807, 2.05) is 71.1 Å². The van der Waals surface area contributed by atoms with Gasteiger partial charge in [0.05, 0.1) is 21.3 Å². The van der Waals surface area contributed by atoms with Gasteiger partial charge in [0.2, 0.25) is 0 Å². The first-order valence-corrected chi connectivity index (χ1v) is 14.7. The number of carbonyl (C=O) groups excluding carboxylic acids is 1. The van der Waals surface area contributed by atoms with Gasteiger partial charge in [-0.1, -0.05) is 23.7 Å². The number of ether oxygens (including phenoxy) is 1. The molecule has 2 amide bonds. The van der Waals surface area contributed by atoms with Crippen LogP contribution in [0.2, 0.25) is 5.02 Å². The molecule has 216 valence electrons. The lowest BCUT2D eigenvalue weighted by atomic mass is 9.91. The van der Waals surface area contributed by atoms with Crippen molar-refractivity contribution in [2.24, 2.45) is 7.05 Å². The fourth-order valence-electron chi connectivity index (χ4n) is 5.42. The molecule has 0 radical (unpaired) electrons. The maximum Gasteiger partial charge on any atom is 0.337 e. The lowest BCUT2D eigenvalue weighted by molar-refractivity contribution is -0.160. The first-order valence-electron chi connectivity index (χ1n) is 13.5. The van der Waals surface area contributed by atoms with Crippen LogP contribution in [0.4, 0.5) is 10.6 Å². The molecule has 0 bridgehead atoms. The summed E-state index contributed by atoms with van der Waals surface area (Å²) in [6, 6.07) is 15.1. The van der Waals surface area contributed by atoms with Gasteiger partial charge in [-0.3, -0.25) is 9.58 Å². The van der Waals surface area contributed by atoms with Gasteiger partial charge in [-0.15, -0.1) is 11.3 Å². The molecule has 11 heteroatoms. The number of amides is 2. The van der Waals surface area contributed by atoms with E-state index in [1.165, 1.54) is 11.3 Å². The number of benzene rings is 3. The van der Waals surface area contributed by atoms with Crippen LogP contribution in [0, 0.1) is 6.92 Å². The van der Waals surface area contributed by atoms with Crippen LogP contribution in [0.3, 0.4) is 0 Å². The van der Waals surface area contributed by atoms with Gasteiger partial charge in [-0.25, -0.2) is 14.6 Å². The van der Waals surface area contributed by atoms with E-state index in [4.69, 9.17) is 21.3 Å². The molecule has 1 atom stereocenters. The second-order valence-electron chi connectivity index (χ2n) is 11.4. The summed E-state index contributed by atoms with van der Waals surface area (Å²) < 4.78 is 8.75. The molecule has 3 heterocycles. The second kappa shape index (κ2) is 10.4. The largest absolute Gasteiger partial charge is 0.479 e. The second-order valence-corrected chi connectivity index (χ2v) is 12.8. The molecule has 1 aliphatic heterocycles. The van der Waals surface area contributed by atoms with Crippen LogP contribution in [0.5, 0.6) is 0 Å². The third-order valence-electron chi connectivity index (χ3n) is 7.21. The summed E-state index contributed by atoms with van der Waals surface area (Å²) in [5, 5.41) is 20.0. The van der Waals surface area contributed by atoms with Gasteiger partial charge in [0.1, 0.15) is 5.01 Å². The standard InChI is InChI=1S/C31H30ClN5O4S/c1-16-14-21-26(24(17-6-9-19(32)10-7-17)23(16)25(29(38)39)41-31(2,3)4)42-28(34-21)18-8-11-22-20(15-18)27(35-36(22)5)37-13-12-33-30(37)40/h6-11,14-15,25H,12-13H2,1-5H3,(H,33,40)(H,38,39)/t25-/m0/s1. The highest BCUT2D eigenvalue weighted by molar-refractivity contribution is 7.22. The minimum Gasteiger partial charge on any atom is -0.479 e. The van der Waals surface area contributed by atoms with E-state index in [0.717, 1.165) is 48.4 Å². The van der Waals surface area contributed by atoms with Gasteiger partial charge < -0.3 is 15.2 Å². The number of urea groups is 1. The van der Waals surface area contributed by atoms with E-state index >= 15 is 0 Å². The minimum atomic E-state index is -1.19. The Morgan fingerprint density at radius 2 is 1.86 bits per heavy atom. The van der Waals surface area contributed by atoms with Crippen molar-refractivity contribution in [2.75, 3.05) is 18.0 Å². The van der Waals surface area contributed by atoms with Crippen molar-refractivity contribution in [1.29, 1.82) is 0 Å². The molecule has 2 N–H and O–H groups in total. The van der Waals surface area contributed by atoms with Crippen molar-refractivity contribution < 1.29 is 19.4 Å². The molecule has 3 aromatic carbocycles. The molecule has 0 aliphatic carbocycles. The Balaban J connectivity index is 1.57. The average Bonchev–Trinajstić information content (AvgIpc) is 3.63. The number of thiazole rings is 1. The monoisotopic (exact) mass is 603 g/mol. The number of anilines is 1. The molecule has 5 aromatic rings. The van der Waals surface area contributed by atoms with Crippen molar-refractivity contribution >= 4 is 61.9 Å². The zero-order valence-corrected chi connectivity index (χ0v) is 25.4. The Bertz CT molecular complexity index is 1870. The molecular weight excluding hydrogens is 574 g/mol. The molecule has 1 aliphatic rings. The number of nitrogens with one attached hydrogen (secondary N) is 1. The average molecular weight is 604 g/mol. The number of aryl methyl sites for hydroxylation is 2. The Morgan fingerprint density at radius 3 is 2.50 bits per heavy atom. The number of aromatic nitrogens is 3. The maximum atomic E-state index is 12.6. The number of nitrogens with zero attached hydrogens (tertiary/aromatic N) is 4. The van der Waals surface area contributed by atoms with Crippen molar-refractivity contribution in [3.05, 3.63) is 64.7 Å². The van der Waals surface area contributed by atoms with Crippen LogP contribution in [0.15, 0.2) is 48.5 Å². The summed E-state index contributed by atoms with van der Waals surface area (Å²) in [5.41, 5.74) is 4.79. The fourth-order valence-corrected chi connectivity index (χ4v) is 6.66. The first kappa shape index (κ1) is 28.1. The predicted octanol–water partition coefficient (Wildman–Crippen LogP) is 6.95. The van der Waals surface area contributed by atoms with Crippen molar-refractivity contribution in [3.8, 4) is 21.7 Å². The summed E-state index contributed by atoms with van der Waals surface area (Å²) in [6.07, 6.45) is -1.19. The van der Waals surface area contributed by atoms with Crippen LogP contribution < -0.4 is 10.2 Å². The summed E-state index contributed by atoms with van der Waals surface area (Å²) in [5.74, 6) is -0.457. The van der Waals surface area contributed by atoms with E-state index in [9.17, 15) is 14.7 Å². The zero-order chi connectivity index (χ0) is 29.9. The van der Waals surface area contributed by atoms with Gasteiger partial charge >= 0.3 is 12.0 Å². The molecule has 42 heavy (non-hydrogen) atoms. The Morgan fingerprint density at radius 1 is 1.14 bits per heavy atom. The topological polar surface area (TPSA) is 110 Å². The van der Waals surface area contributed by atoms with Gasteiger partial charge in [0, 0.05) is 47.2 Å². The van der Waals surface area contributed by atoms with E-state index in [1.54, 1.807) is 21.7 Å². The first-order chi connectivity index (χ1) is 19.9. The Kier molecular flexibility index (Phi) is 6.95. The number of fused-ring (bicyclic) bond motifs is 2. The fraction of sp³-hybridized carbons (Fsp3) is 0.290. The molecule has 1 saturated heterocycles. The van der Waals surface area contributed by atoms with Crippen LogP contribution in [0.1, 0.15) is 38.0 Å². The molecule has 9 nitrogen and oxygen atoms in total. The number of carbonyl (C=O) groups is 2. The van der Waals surface area contributed by atoms with Crippen LogP contribution >= 0.6 is 22.9 Å². The molecular formula is C31H30ClN5O4S. The highest BCUT2D eigenvalue weighted by Crippen LogP contribution is 2.45. The number of carboxylic acids is 1. The van der Waals surface area contributed by atoms with Crippen LogP contribution in [0.25, 0.3) is 42.8 Å². The van der Waals surface area contributed by atoms with Crippen molar-refractivity contribution in [2.45, 2.75) is 39.4 Å². The minimum absolute atomic E-state index is 0.165. The van der Waals surface area contributed by atoms with E-state index in [0.29, 0.717) is 29.5 Å². The summed E-state index contributed by atoms with van der Waals surface area (Å²) in [7, 11) is 1.86. The molecule has 1 fully saturated rings. The smallest absolute Gasteiger partial charge is 0.337 e. The quantitative estimate of drug-likeness (QED) is 0.217. The van der Waals surface area contributed by atoms with Crippen LogP contribution in [-0.2, 0) is 16.6 Å². The maximum absolute atomic E-state index is 12.6. The van der Waals surface area contributed by atoms with Crippen molar-refractivity contribution in [3.63, 3.8) is 0 Å². The molecule has 2 aromatic heterocycles. The van der Waals surface area contributed by atoms with Gasteiger partial charge in [-0.2, -0.15) is 5.10 Å². The number of halogens is 1. The predicted molar refractivity (Wildman–Crippen MR) is 166 cm³/mol. The van der Waals surface area contributed by atoms with Gasteiger partial charge in [0.25, 0.3) is 0 Å². The molecule has 6 rings (SSSR count). The number of aliphatic carboxylic acids is 1. The van der Waals surface area contributed by atoms with E-state index in [-0.39, 0.29) is 6.03 Å². The van der Waals surface area contributed by atoms with Crippen molar-refractivity contribution in [1.82, 2.24) is 20.1 Å². The van der Waals surface area contributed by atoms with Crippen LogP contribution in [-0.4, -0.2) is 50.6 Å². The van der Waals surface area contributed by atoms with E-state index < -0.39 is 17.7 Å². The van der Waals surface area contributed by atoms with Gasteiger partial charge in [-0.05, 0) is 75.2 Å². The normalized spacial score (nSPS) is 14.6. The highest BCUT2D eigenvalue weighted by Gasteiger charge is 2.32. The zero-order valence-electron chi connectivity index (χ0n) is 23.9. The highest BCUT2D eigenvalue weighted by atomic mass is 35.5.